The molecule has 0 spiro atoms. The van der Waals surface area contributed by atoms with Crippen molar-refractivity contribution in [2.45, 2.75) is 49.5 Å². The van der Waals surface area contributed by atoms with Crippen molar-refractivity contribution < 1.29 is 38.0 Å². The summed E-state index contributed by atoms with van der Waals surface area (Å²) in [7, 11) is 0. The van der Waals surface area contributed by atoms with Crippen LogP contribution in [-0.4, -0.2) is 97.9 Å². The summed E-state index contributed by atoms with van der Waals surface area (Å²) in [5.41, 5.74) is 11.4. The van der Waals surface area contributed by atoms with Crippen LogP contribution in [0.1, 0.15) is 18.9 Å². The Hall–Kier alpha value is -3.20. The smallest absolute Gasteiger partial charge is 0.325 e. The number of nitrogen functional groups attached to an aromatic ring is 2. The fourth-order valence-corrected chi connectivity index (χ4v) is 6.18. The summed E-state index contributed by atoms with van der Waals surface area (Å²) in [5.74, 6) is -0.0392. The van der Waals surface area contributed by atoms with E-state index >= 15 is 4.39 Å². The van der Waals surface area contributed by atoms with Crippen LogP contribution in [0.15, 0.2) is 23.8 Å². The second-order valence-electron chi connectivity index (χ2n) is 9.32. The number of hydrogen-bond donors (Lipinski definition) is 6. The number of nitrogens with zero attached hydrogens (tertiary/aromatic N) is 7. The topological polar surface area (TPSA) is 257 Å². The van der Waals surface area contributed by atoms with Gasteiger partial charge in [0.25, 0.3) is 5.56 Å². The minimum absolute atomic E-state index is 0.0460. The Bertz CT molecular complexity index is 1700. The zero-order chi connectivity index (χ0) is 29.1. The number of hydrogen-bond acceptors (Lipinski definition) is 15. The predicted octanol–water partition coefficient (Wildman–Crippen LogP) is -1.38. The van der Waals surface area contributed by atoms with Crippen LogP contribution in [0.4, 0.5) is 16.2 Å². The molecular formula is C20H24FN10O8PS. The molecule has 4 aromatic heterocycles. The van der Waals surface area contributed by atoms with Crippen LogP contribution < -0.4 is 17.0 Å². The quantitative estimate of drug-likeness (QED) is 0.125. The number of aromatic nitrogens is 8. The van der Waals surface area contributed by atoms with Crippen molar-refractivity contribution in [1.82, 2.24) is 39.0 Å². The highest BCUT2D eigenvalue weighted by atomic mass is 32.5. The Morgan fingerprint density at radius 2 is 1.90 bits per heavy atom. The van der Waals surface area contributed by atoms with Crippen molar-refractivity contribution in [2.75, 3.05) is 24.7 Å². The fourth-order valence-electron chi connectivity index (χ4n) is 4.78. The van der Waals surface area contributed by atoms with Gasteiger partial charge in [-0.25, -0.2) is 24.3 Å². The van der Waals surface area contributed by atoms with E-state index < -0.39 is 68.5 Å². The van der Waals surface area contributed by atoms with Crippen molar-refractivity contribution in [2.24, 2.45) is 0 Å². The summed E-state index contributed by atoms with van der Waals surface area (Å²) in [4.78, 5) is 45.5. The lowest BCUT2D eigenvalue weighted by molar-refractivity contribution is -0.0545. The molecule has 0 aromatic carbocycles. The Balaban J connectivity index is 1.17. The van der Waals surface area contributed by atoms with Crippen molar-refractivity contribution in [3.8, 4) is 0 Å². The number of aliphatic hydroxyl groups is 2. The number of imidazole rings is 2. The first kappa shape index (κ1) is 27.9. The third-order valence-corrected chi connectivity index (χ3v) is 8.29. The lowest BCUT2D eigenvalue weighted by Gasteiger charge is -2.26. The van der Waals surface area contributed by atoms with Crippen LogP contribution in [0.3, 0.4) is 0 Å². The van der Waals surface area contributed by atoms with E-state index in [4.69, 9.17) is 41.8 Å². The average molecular weight is 615 g/mol. The van der Waals surface area contributed by atoms with Gasteiger partial charge in [-0.2, -0.15) is 4.98 Å². The maximum absolute atomic E-state index is 15.3. The van der Waals surface area contributed by atoms with Crippen LogP contribution in [-0.2, 0) is 30.3 Å². The molecule has 6 rings (SSSR count). The number of aliphatic hydroxyl groups excluding tert-OH is 2. The van der Waals surface area contributed by atoms with E-state index in [-0.39, 0.29) is 29.4 Å². The first-order chi connectivity index (χ1) is 19.6. The van der Waals surface area contributed by atoms with Gasteiger partial charge in [0.2, 0.25) is 5.95 Å². The lowest BCUT2D eigenvalue weighted by atomic mass is 10.1. The summed E-state index contributed by atoms with van der Waals surface area (Å²) in [6.45, 7) is -5.33. The van der Waals surface area contributed by atoms with Crippen LogP contribution in [0, 0.1) is 0 Å². The Kier molecular flexibility index (Phi) is 7.20. The van der Waals surface area contributed by atoms with Gasteiger partial charge < -0.3 is 40.6 Å². The van der Waals surface area contributed by atoms with Gasteiger partial charge in [0.15, 0.2) is 35.0 Å². The number of fused-ring (bicyclic) bond motifs is 2. The maximum atomic E-state index is 15.3. The van der Waals surface area contributed by atoms with Gasteiger partial charge in [0.1, 0.15) is 36.4 Å². The highest BCUT2D eigenvalue weighted by Crippen LogP contribution is 2.50. The second kappa shape index (κ2) is 10.6. The van der Waals surface area contributed by atoms with Gasteiger partial charge in [-0.05, 0) is 11.8 Å². The van der Waals surface area contributed by atoms with E-state index in [2.05, 4.69) is 29.9 Å². The molecule has 6 heterocycles. The Morgan fingerprint density at radius 3 is 2.68 bits per heavy atom. The van der Waals surface area contributed by atoms with Gasteiger partial charge in [0.05, 0.1) is 32.0 Å². The van der Waals surface area contributed by atoms with Gasteiger partial charge in [-0.1, -0.05) is 0 Å². The molecule has 2 unspecified atom stereocenters. The van der Waals surface area contributed by atoms with Gasteiger partial charge >= 0.3 is 6.72 Å². The highest BCUT2D eigenvalue weighted by molar-refractivity contribution is 8.07. The molecule has 0 aliphatic carbocycles. The summed E-state index contributed by atoms with van der Waals surface area (Å²) in [6.07, 6.45) is -4.97. The molecular weight excluding hydrogens is 590 g/mol. The average Bonchev–Trinajstić information content (AvgIpc) is 3.69. The molecule has 18 nitrogen and oxygen atoms in total. The Labute approximate surface area is 233 Å². The molecule has 2 aliphatic heterocycles. The van der Waals surface area contributed by atoms with Crippen molar-refractivity contribution in [1.29, 1.82) is 0 Å². The molecule has 41 heavy (non-hydrogen) atoms. The third kappa shape index (κ3) is 5.07. The van der Waals surface area contributed by atoms with Gasteiger partial charge in [-0.15, -0.1) is 0 Å². The number of alkyl halides is 1. The first-order valence-electron chi connectivity index (χ1n) is 12.1. The molecule has 21 heteroatoms. The van der Waals surface area contributed by atoms with Crippen molar-refractivity contribution in [3.63, 3.8) is 0 Å². The maximum Gasteiger partial charge on any atom is 0.325 e. The predicted molar refractivity (Wildman–Crippen MR) is 140 cm³/mol. The SMILES string of the molecule is Nc1nc2c(ncn2[C@@H]2O[C@H](CO)[C@@H](F)[C@H]2OP(O)(=S)OCC2O[C@@H](n3cnc4c(N)ncnc43)C[C@@H]2O)c(=O)[nH]1. The molecule has 0 radical (unpaired) electrons. The van der Waals surface area contributed by atoms with Crippen LogP contribution >= 0.6 is 6.72 Å². The monoisotopic (exact) mass is 614 g/mol. The number of anilines is 2. The Morgan fingerprint density at radius 1 is 1.15 bits per heavy atom. The normalized spacial score (nSPS) is 29.9. The molecule has 0 saturated carbocycles. The third-order valence-electron chi connectivity index (χ3n) is 6.73. The first-order valence-corrected chi connectivity index (χ1v) is 14.7. The molecule has 0 amide bonds. The van der Waals surface area contributed by atoms with E-state index in [0.717, 1.165) is 6.33 Å². The number of rotatable bonds is 8. The standard InChI is InChI=1S/C20H24FN10O8PS/c21-11-8(2-32)38-19(31-6-27-13-17(31)28-20(23)29-18(13)34)14(11)39-40(35,41)36-3-9-7(33)1-10(37-9)30-5-26-12-15(22)24-4-25-16(12)30/h4-11,14,19,32-33H,1-3H2,(H,35,41)(H2,22,24,25)(H3,23,28,29,34)/t7-,8+,9?,10+,11+,14+,19+,40?/m0/s1. The van der Waals surface area contributed by atoms with E-state index in [0.29, 0.717) is 11.2 Å². The van der Waals surface area contributed by atoms with Crippen LogP contribution in [0.25, 0.3) is 22.3 Å². The number of halogens is 1. The zero-order valence-electron chi connectivity index (χ0n) is 20.8. The lowest BCUT2D eigenvalue weighted by Crippen LogP contribution is -2.32. The second-order valence-corrected chi connectivity index (χ2v) is 12.1. The van der Waals surface area contributed by atoms with Crippen molar-refractivity contribution >= 4 is 52.6 Å². The molecule has 2 fully saturated rings. The number of H-pyrrole nitrogens is 1. The molecule has 2 saturated heterocycles. The molecule has 2 aliphatic rings. The van der Waals surface area contributed by atoms with E-state index in [1.165, 1.54) is 17.2 Å². The largest absolute Gasteiger partial charge is 0.394 e. The summed E-state index contributed by atoms with van der Waals surface area (Å²) < 4.78 is 40.5. The summed E-state index contributed by atoms with van der Waals surface area (Å²) in [5, 5.41) is 20.2. The number of aromatic amines is 1. The number of ether oxygens (including phenoxy) is 2. The van der Waals surface area contributed by atoms with Crippen molar-refractivity contribution in [3.05, 3.63) is 29.3 Å². The molecule has 8 atom stereocenters. The van der Waals surface area contributed by atoms with Crippen LogP contribution in [0.5, 0.6) is 0 Å². The summed E-state index contributed by atoms with van der Waals surface area (Å²) in [6, 6.07) is 0. The minimum atomic E-state index is -4.20. The van der Waals surface area contributed by atoms with Gasteiger partial charge in [0, 0.05) is 6.42 Å². The van der Waals surface area contributed by atoms with Crippen LogP contribution in [0.2, 0.25) is 0 Å². The number of nitrogens with one attached hydrogen (secondary N) is 1. The minimum Gasteiger partial charge on any atom is -0.394 e. The zero-order valence-corrected chi connectivity index (χ0v) is 22.5. The molecule has 0 bridgehead atoms. The highest BCUT2D eigenvalue weighted by Gasteiger charge is 2.50. The molecule has 8 N–H and O–H groups in total. The number of nitrogens with two attached hydrogens (primary N) is 2. The fraction of sp³-hybridized carbons (Fsp3) is 0.500. The molecule has 220 valence electrons. The van der Waals surface area contributed by atoms with Gasteiger partial charge in [-0.3, -0.25) is 23.4 Å². The van der Waals surface area contributed by atoms with E-state index in [9.17, 15) is 19.9 Å². The summed E-state index contributed by atoms with van der Waals surface area (Å²) >= 11 is 5.13. The van der Waals surface area contributed by atoms with E-state index in [1.807, 2.05) is 0 Å². The van der Waals surface area contributed by atoms with E-state index in [1.54, 1.807) is 4.57 Å². The molecule has 4 aromatic rings.